The highest BCUT2D eigenvalue weighted by atomic mass is 16.4. The fourth-order valence-corrected chi connectivity index (χ4v) is 2.12. The summed E-state index contributed by atoms with van der Waals surface area (Å²) in [5, 5.41) is 8.54. The van der Waals surface area contributed by atoms with Gasteiger partial charge in [-0.2, -0.15) is 0 Å². The Bertz CT molecular complexity index is 337. The van der Waals surface area contributed by atoms with Gasteiger partial charge in [0.25, 0.3) is 0 Å². The van der Waals surface area contributed by atoms with Crippen molar-refractivity contribution in [2.75, 3.05) is 0 Å². The average Bonchev–Trinajstić information content (AvgIpc) is 2.45. The first-order chi connectivity index (χ1) is 10.2. The Morgan fingerprint density at radius 1 is 0.857 bits per heavy atom. The van der Waals surface area contributed by atoms with Crippen molar-refractivity contribution in [2.24, 2.45) is 0 Å². The monoisotopic (exact) mass is 292 g/mol. The first kappa shape index (κ1) is 19.7. The summed E-state index contributed by atoms with van der Waals surface area (Å²) in [6.07, 6.45) is 21.3. The van der Waals surface area contributed by atoms with Crippen LogP contribution in [0.1, 0.15) is 78.1 Å². The number of unbranched alkanes of at least 4 members (excludes halogenated alkanes) is 4. The zero-order chi connectivity index (χ0) is 15.8. The molecular weight excluding hydrogens is 260 g/mol. The number of aliphatic carboxylic acids is 1. The number of allylic oxidation sites excluding steroid dienone is 6. The van der Waals surface area contributed by atoms with E-state index in [0.29, 0.717) is 6.42 Å². The van der Waals surface area contributed by atoms with Crippen LogP contribution in [0, 0.1) is 0 Å². The lowest BCUT2D eigenvalue weighted by atomic mass is 10.1. The highest BCUT2D eigenvalue weighted by molar-refractivity contribution is 5.66. The van der Waals surface area contributed by atoms with Gasteiger partial charge in [0.15, 0.2) is 0 Å². The second kappa shape index (κ2) is 15.1. The van der Waals surface area contributed by atoms with E-state index in [1.54, 1.807) is 0 Å². The van der Waals surface area contributed by atoms with E-state index in [1.165, 1.54) is 24.8 Å². The van der Waals surface area contributed by atoms with E-state index in [1.807, 2.05) is 0 Å². The molecule has 0 heterocycles. The molecular formula is C19H32O2. The van der Waals surface area contributed by atoms with Gasteiger partial charge in [-0.05, 0) is 45.4 Å². The zero-order valence-corrected chi connectivity index (χ0v) is 13.8. The maximum atomic E-state index is 10.4. The second-order valence-electron chi connectivity index (χ2n) is 5.53. The molecule has 21 heavy (non-hydrogen) atoms. The Kier molecular flexibility index (Phi) is 14.1. The van der Waals surface area contributed by atoms with Crippen LogP contribution in [0.5, 0.6) is 0 Å². The molecule has 0 spiro atoms. The Labute approximate surface area is 130 Å². The van der Waals surface area contributed by atoms with Gasteiger partial charge in [0.2, 0.25) is 0 Å². The van der Waals surface area contributed by atoms with E-state index >= 15 is 0 Å². The molecule has 0 radical (unpaired) electrons. The fraction of sp³-hybridized carbons (Fsp3) is 0.632. The maximum absolute atomic E-state index is 10.4. The molecule has 0 aliphatic rings. The molecule has 0 aromatic heterocycles. The third-order valence-electron chi connectivity index (χ3n) is 3.41. The van der Waals surface area contributed by atoms with E-state index in [-0.39, 0.29) is 0 Å². The van der Waals surface area contributed by atoms with Crippen molar-refractivity contribution in [1.29, 1.82) is 0 Å². The van der Waals surface area contributed by atoms with Crippen molar-refractivity contribution in [3.63, 3.8) is 0 Å². The summed E-state index contributed by atoms with van der Waals surface area (Å²) in [4.78, 5) is 10.4. The Morgan fingerprint density at radius 3 is 2.10 bits per heavy atom. The largest absolute Gasteiger partial charge is 0.481 e. The first-order valence-electron chi connectivity index (χ1n) is 8.34. The van der Waals surface area contributed by atoms with Gasteiger partial charge in [-0.25, -0.2) is 0 Å². The Morgan fingerprint density at radius 2 is 1.43 bits per heavy atom. The van der Waals surface area contributed by atoms with Gasteiger partial charge in [0, 0.05) is 6.42 Å². The molecule has 0 rings (SSSR count). The molecule has 0 bridgehead atoms. The van der Waals surface area contributed by atoms with Gasteiger partial charge in [-0.3, -0.25) is 4.79 Å². The van der Waals surface area contributed by atoms with E-state index in [2.05, 4.69) is 44.2 Å². The molecule has 0 aromatic carbocycles. The normalized spacial score (nSPS) is 12.6. The lowest BCUT2D eigenvalue weighted by Crippen LogP contribution is -1.93. The molecule has 2 heteroatoms. The van der Waals surface area contributed by atoms with Crippen LogP contribution in [0.15, 0.2) is 36.0 Å². The number of carboxylic acids is 1. The standard InChI is InChI=1S/C19H32O2/c1-3-4-5-6-7-9-12-15-18(2)16-13-10-8-11-14-17-19(20)21/h4-5,7,9,15H,3,6,8,10-14,16-17H2,1-2H3,(H,20,21)/b5-4-,9-7-,18-15+. The highest BCUT2D eigenvalue weighted by Gasteiger charge is 1.96. The summed E-state index contributed by atoms with van der Waals surface area (Å²) in [5.74, 6) is -0.674. The topological polar surface area (TPSA) is 37.3 Å². The van der Waals surface area contributed by atoms with Gasteiger partial charge in [0.05, 0.1) is 0 Å². The molecule has 120 valence electrons. The minimum Gasteiger partial charge on any atom is -0.481 e. The predicted molar refractivity (Wildman–Crippen MR) is 91.5 cm³/mol. The van der Waals surface area contributed by atoms with Crippen molar-refractivity contribution >= 4 is 5.97 Å². The van der Waals surface area contributed by atoms with Crippen molar-refractivity contribution in [1.82, 2.24) is 0 Å². The van der Waals surface area contributed by atoms with Crippen molar-refractivity contribution in [3.05, 3.63) is 36.0 Å². The molecule has 0 aromatic rings. The third kappa shape index (κ3) is 16.6. The lowest BCUT2D eigenvalue weighted by Gasteiger charge is -2.01. The molecule has 0 atom stereocenters. The number of carbonyl (C=O) groups is 1. The molecule has 0 aliphatic heterocycles. The number of hydrogen-bond acceptors (Lipinski definition) is 1. The summed E-state index contributed by atoms with van der Waals surface area (Å²) in [6, 6.07) is 0. The first-order valence-corrected chi connectivity index (χ1v) is 8.34. The minimum absolute atomic E-state index is 0.318. The SMILES string of the molecule is CC/C=C\C/C=C\C/C=C(\C)CCCCCCCC(=O)O. The predicted octanol–water partition coefficient (Wildman–Crippen LogP) is 6.05. The molecule has 2 nitrogen and oxygen atoms in total. The van der Waals surface area contributed by atoms with Crippen LogP contribution < -0.4 is 0 Å². The number of carboxylic acid groups (broad SMARTS) is 1. The van der Waals surface area contributed by atoms with Crippen LogP contribution in [-0.4, -0.2) is 11.1 Å². The minimum atomic E-state index is -0.674. The highest BCUT2D eigenvalue weighted by Crippen LogP contribution is 2.12. The van der Waals surface area contributed by atoms with Crippen LogP contribution >= 0.6 is 0 Å². The quantitative estimate of drug-likeness (QED) is 0.331. The zero-order valence-electron chi connectivity index (χ0n) is 13.8. The van der Waals surface area contributed by atoms with E-state index in [4.69, 9.17) is 5.11 Å². The maximum Gasteiger partial charge on any atom is 0.303 e. The molecule has 0 unspecified atom stereocenters. The molecule has 0 amide bonds. The van der Waals surface area contributed by atoms with E-state index in [9.17, 15) is 4.79 Å². The van der Waals surface area contributed by atoms with Crippen LogP contribution in [0.25, 0.3) is 0 Å². The Balaban J connectivity index is 3.47. The van der Waals surface area contributed by atoms with Gasteiger partial charge in [0.1, 0.15) is 0 Å². The summed E-state index contributed by atoms with van der Waals surface area (Å²) in [6.45, 7) is 4.35. The van der Waals surface area contributed by atoms with Gasteiger partial charge >= 0.3 is 5.97 Å². The van der Waals surface area contributed by atoms with Crippen LogP contribution in [-0.2, 0) is 4.79 Å². The summed E-state index contributed by atoms with van der Waals surface area (Å²) in [7, 11) is 0. The average molecular weight is 292 g/mol. The van der Waals surface area contributed by atoms with Gasteiger partial charge in [-0.15, -0.1) is 0 Å². The lowest BCUT2D eigenvalue weighted by molar-refractivity contribution is -0.137. The van der Waals surface area contributed by atoms with E-state index < -0.39 is 5.97 Å². The molecule has 0 fully saturated rings. The fourth-order valence-electron chi connectivity index (χ4n) is 2.12. The third-order valence-corrected chi connectivity index (χ3v) is 3.41. The summed E-state index contributed by atoms with van der Waals surface area (Å²) in [5.41, 5.74) is 1.47. The van der Waals surface area contributed by atoms with Crippen LogP contribution in [0.3, 0.4) is 0 Å². The number of hydrogen-bond donors (Lipinski definition) is 1. The smallest absolute Gasteiger partial charge is 0.303 e. The summed E-state index contributed by atoms with van der Waals surface area (Å²) >= 11 is 0. The van der Waals surface area contributed by atoms with Crippen molar-refractivity contribution < 1.29 is 9.90 Å². The molecule has 0 aliphatic carbocycles. The van der Waals surface area contributed by atoms with Crippen LogP contribution in [0.4, 0.5) is 0 Å². The number of rotatable bonds is 13. The summed E-state index contributed by atoms with van der Waals surface area (Å²) < 4.78 is 0. The molecule has 0 saturated carbocycles. The second-order valence-corrected chi connectivity index (χ2v) is 5.53. The van der Waals surface area contributed by atoms with Crippen LogP contribution in [0.2, 0.25) is 0 Å². The van der Waals surface area contributed by atoms with Crippen molar-refractivity contribution in [3.8, 4) is 0 Å². The molecule has 1 N–H and O–H groups in total. The Hall–Kier alpha value is -1.31. The van der Waals surface area contributed by atoms with Gasteiger partial charge < -0.3 is 5.11 Å². The molecule has 0 saturated heterocycles. The van der Waals surface area contributed by atoms with Crippen molar-refractivity contribution in [2.45, 2.75) is 78.1 Å². The van der Waals surface area contributed by atoms with Gasteiger partial charge in [-0.1, -0.05) is 62.1 Å². The van der Waals surface area contributed by atoms with E-state index in [0.717, 1.165) is 38.5 Å².